The zero-order valence-corrected chi connectivity index (χ0v) is 12.0. The van der Waals surface area contributed by atoms with Gasteiger partial charge in [0.1, 0.15) is 11.6 Å². The lowest BCUT2D eigenvalue weighted by Gasteiger charge is -2.38. The number of nitrogens with zero attached hydrogens (tertiary/aromatic N) is 1. The van der Waals surface area contributed by atoms with Crippen LogP contribution in [0.25, 0.3) is 0 Å². The van der Waals surface area contributed by atoms with Crippen molar-refractivity contribution in [3.63, 3.8) is 0 Å². The van der Waals surface area contributed by atoms with E-state index in [0.29, 0.717) is 0 Å². The van der Waals surface area contributed by atoms with Crippen LogP contribution in [0.1, 0.15) is 54.9 Å². The number of hydrogen-bond donors (Lipinski definition) is 0. The molecule has 0 aromatic heterocycles. The molecule has 0 N–H and O–H groups in total. The Balaban J connectivity index is 4.56. The highest BCUT2D eigenvalue weighted by Crippen LogP contribution is 2.20. The molecular formula is C13H27NO2. The van der Waals surface area contributed by atoms with Crippen molar-refractivity contribution < 1.29 is 9.53 Å². The molecule has 0 heterocycles. The van der Waals surface area contributed by atoms with Gasteiger partial charge in [-0.2, -0.15) is 0 Å². The van der Waals surface area contributed by atoms with Crippen molar-refractivity contribution in [2.24, 2.45) is 0 Å². The average Bonchev–Trinajstić information content (AvgIpc) is 2.12. The van der Waals surface area contributed by atoms with Gasteiger partial charge in [-0.15, -0.1) is 0 Å². The summed E-state index contributed by atoms with van der Waals surface area (Å²) in [5, 5.41) is 0. The molecule has 0 spiro atoms. The first-order valence-corrected chi connectivity index (χ1v) is 5.97. The Hall–Kier alpha value is -0.570. The van der Waals surface area contributed by atoms with Crippen molar-refractivity contribution >= 4 is 5.97 Å². The van der Waals surface area contributed by atoms with Gasteiger partial charge in [0.25, 0.3) is 0 Å². The SMILES string of the molecule is CCC(C)(C)N(C)C(C)C(=O)OC(C)(C)C. The number of carbonyl (C=O) groups is 1. The fourth-order valence-corrected chi connectivity index (χ4v) is 1.32. The fraction of sp³-hybridized carbons (Fsp3) is 0.923. The fourth-order valence-electron chi connectivity index (χ4n) is 1.32. The van der Waals surface area contributed by atoms with Crippen LogP contribution in [0.2, 0.25) is 0 Å². The van der Waals surface area contributed by atoms with Crippen molar-refractivity contribution in [2.45, 2.75) is 72.1 Å². The van der Waals surface area contributed by atoms with Crippen LogP contribution in [-0.2, 0) is 9.53 Å². The topological polar surface area (TPSA) is 29.5 Å². The standard InChI is InChI=1S/C13H27NO2/c1-9-13(6,7)14(8)10(2)11(15)16-12(3,4)5/h10H,9H2,1-8H3. The monoisotopic (exact) mass is 229 g/mol. The molecule has 0 fully saturated rings. The normalized spacial score (nSPS) is 15.1. The summed E-state index contributed by atoms with van der Waals surface area (Å²) in [5.41, 5.74) is -0.404. The van der Waals surface area contributed by atoms with Gasteiger partial charge < -0.3 is 4.74 Å². The summed E-state index contributed by atoms with van der Waals surface area (Å²) in [6.07, 6.45) is 0.997. The Morgan fingerprint density at radius 1 is 1.25 bits per heavy atom. The van der Waals surface area contributed by atoms with Crippen LogP contribution in [0.4, 0.5) is 0 Å². The van der Waals surface area contributed by atoms with Crippen LogP contribution in [0.3, 0.4) is 0 Å². The van der Waals surface area contributed by atoms with E-state index in [1.165, 1.54) is 0 Å². The zero-order valence-electron chi connectivity index (χ0n) is 12.0. The van der Waals surface area contributed by atoms with Crippen molar-refractivity contribution in [3.8, 4) is 0 Å². The maximum Gasteiger partial charge on any atom is 0.323 e. The van der Waals surface area contributed by atoms with E-state index in [2.05, 4.69) is 25.7 Å². The van der Waals surface area contributed by atoms with Gasteiger partial charge in [0, 0.05) is 5.54 Å². The maximum atomic E-state index is 11.9. The highest BCUT2D eigenvalue weighted by molar-refractivity contribution is 5.75. The second-order valence-corrected chi connectivity index (χ2v) is 5.99. The molecule has 1 unspecified atom stereocenters. The van der Waals surface area contributed by atoms with Crippen LogP contribution < -0.4 is 0 Å². The summed E-state index contributed by atoms with van der Waals surface area (Å²) in [4.78, 5) is 14.0. The molecule has 16 heavy (non-hydrogen) atoms. The second-order valence-electron chi connectivity index (χ2n) is 5.99. The molecule has 0 aliphatic carbocycles. The highest BCUT2D eigenvalue weighted by Gasteiger charge is 2.31. The van der Waals surface area contributed by atoms with Gasteiger partial charge in [-0.1, -0.05) is 6.92 Å². The van der Waals surface area contributed by atoms with E-state index in [9.17, 15) is 4.79 Å². The molecule has 0 aliphatic rings. The molecular weight excluding hydrogens is 202 g/mol. The van der Waals surface area contributed by atoms with Crippen LogP contribution in [0.15, 0.2) is 0 Å². The lowest BCUT2D eigenvalue weighted by molar-refractivity contribution is -0.162. The van der Waals surface area contributed by atoms with Crippen molar-refractivity contribution in [1.29, 1.82) is 0 Å². The van der Waals surface area contributed by atoms with Crippen LogP contribution >= 0.6 is 0 Å². The second kappa shape index (κ2) is 5.17. The lowest BCUT2D eigenvalue weighted by atomic mass is 9.98. The predicted octanol–water partition coefficient (Wildman–Crippen LogP) is 2.84. The van der Waals surface area contributed by atoms with E-state index < -0.39 is 5.60 Å². The molecule has 0 saturated carbocycles. The third-order valence-electron chi connectivity index (χ3n) is 3.15. The number of carbonyl (C=O) groups excluding carboxylic acids is 1. The minimum absolute atomic E-state index is 0.0102. The number of ether oxygens (including phenoxy) is 1. The molecule has 0 bridgehead atoms. The lowest BCUT2D eigenvalue weighted by Crippen LogP contribution is -2.50. The first kappa shape index (κ1) is 15.4. The summed E-state index contributed by atoms with van der Waals surface area (Å²) in [6, 6.07) is -0.214. The smallest absolute Gasteiger partial charge is 0.323 e. The Labute approximate surface area is 100 Å². The molecule has 3 heteroatoms. The molecule has 96 valence electrons. The zero-order chi connectivity index (χ0) is 13.1. The van der Waals surface area contributed by atoms with E-state index in [-0.39, 0.29) is 17.6 Å². The summed E-state index contributed by atoms with van der Waals surface area (Å²) in [7, 11) is 1.97. The van der Waals surface area contributed by atoms with Crippen molar-refractivity contribution in [1.82, 2.24) is 4.90 Å². The third-order valence-corrected chi connectivity index (χ3v) is 3.15. The molecule has 1 atom stereocenters. The van der Waals surface area contributed by atoms with Gasteiger partial charge in [-0.3, -0.25) is 9.69 Å². The van der Waals surface area contributed by atoms with E-state index >= 15 is 0 Å². The number of hydrogen-bond acceptors (Lipinski definition) is 3. The minimum Gasteiger partial charge on any atom is -0.459 e. The predicted molar refractivity (Wildman–Crippen MR) is 67.4 cm³/mol. The summed E-state index contributed by atoms with van der Waals surface area (Å²) < 4.78 is 5.38. The van der Waals surface area contributed by atoms with Gasteiger partial charge in [0.2, 0.25) is 0 Å². The summed E-state index contributed by atoms with van der Waals surface area (Å²) in [6.45, 7) is 14.0. The largest absolute Gasteiger partial charge is 0.459 e. The first-order chi connectivity index (χ1) is 7.01. The number of likely N-dealkylation sites (N-methyl/N-ethyl adjacent to an activating group) is 1. The van der Waals surface area contributed by atoms with Gasteiger partial charge in [0.15, 0.2) is 0 Å². The summed E-state index contributed by atoms with van der Waals surface area (Å²) in [5.74, 6) is -0.156. The first-order valence-electron chi connectivity index (χ1n) is 5.97. The Morgan fingerprint density at radius 3 is 2.00 bits per heavy atom. The van der Waals surface area contributed by atoms with Crippen LogP contribution in [0, 0.1) is 0 Å². The van der Waals surface area contributed by atoms with Crippen molar-refractivity contribution in [3.05, 3.63) is 0 Å². The van der Waals surface area contributed by atoms with Crippen LogP contribution in [-0.4, -0.2) is 35.1 Å². The Kier molecular flexibility index (Phi) is 4.99. The highest BCUT2D eigenvalue weighted by atomic mass is 16.6. The van der Waals surface area contributed by atoms with Crippen LogP contribution in [0.5, 0.6) is 0 Å². The number of rotatable bonds is 4. The molecule has 0 saturated heterocycles. The molecule has 0 radical (unpaired) electrons. The average molecular weight is 229 g/mol. The minimum atomic E-state index is -0.414. The quantitative estimate of drug-likeness (QED) is 0.694. The molecule has 0 aliphatic heterocycles. The molecule has 0 amide bonds. The number of esters is 1. The van der Waals surface area contributed by atoms with E-state index in [1.54, 1.807) is 0 Å². The van der Waals surface area contributed by atoms with E-state index in [4.69, 9.17) is 4.74 Å². The molecule has 3 nitrogen and oxygen atoms in total. The van der Waals surface area contributed by atoms with Gasteiger partial charge in [0.05, 0.1) is 0 Å². The summed E-state index contributed by atoms with van der Waals surface area (Å²) >= 11 is 0. The molecule has 0 aromatic rings. The Bertz CT molecular complexity index is 241. The van der Waals surface area contributed by atoms with Gasteiger partial charge >= 0.3 is 5.97 Å². The van der Waals surface area contributed by atoms with Gasteiger partial charge in [-0.25, -0.2) is 0 Å². The van der Waals surface area contributed by atoms with E-state index in [1.807, 2.05) is 34.7 Å². The third kappa shape index (κ3) is 4.52. The van der Waals surface area contributed by atoms with Crippen molar-refractivity contribution in [2.75, 3.05) is 7.05 Å². The molecule has 0 rings (SSSR count). The Morgan fingerprint density at radius 2 is 1.69 bits per heavy atom. The van der Waals surface area contributed by atoms with Gasteiger partial charge in [-0.05, 0) is 55.0 Å². The molecule has 0 aromatic carbocycles. The van der Waals surface area contributed by atoms with E-state index in [0.717, 1.165) is 6.42 Å². The maximum absolute atomic E-state index is 11.9.